The van der Waals surface area contributed by atoms with Gasteiger partial charge in [-0.15, -0.1) is 0 Å². The SMILES string of the molecule is CCOc1ccc(OCC)c(S(=O)(=O)N2CCN(c3cccc(Cl)c3C)CC2)c1. The lowest BCUT2D eigenvalue weighted by Crippen LogP contribution is -2.48. The summed E-state index contributed by atoms with van der Waals surface area (Å²) in [6.45, 7) is 8.49. The maximum atomic E-state index is 13.4. The Balaban J connectivity index is 1.82. The summed E-state index contributed by atoms with van der Waals surface area (Å²) in [4.78, 5) is 2.32. The first-order valence-electron chi connectivity index (χ1n) is 9.78. The van der Waals surface area contributed by atoms with Crippen molar-refractivity contribution < 1.29 is 17.9 Å². The second kappa shape index (κ2) is 9.24. The number of halogens is 1. The molecule has 8 heteroatoms. The van der Waals surface area contributed by atoms with Gasteiger partial charge in [-0.3, -0.25) is 0 Å². The van der Waals surface area contributed by atoms with Gasteiger partial charge in [-0.2, -0.15) is 4.31 Å². The van der Waals surface area contributed by atoms with Crippen molar-refractivity contribution in [2.75, 3.05) is 44.3 Å². The van der Waals surface area contributed by atoms with Gasteiger partial charge in [0.1, 0.15) is 16.4 Å². The van der Waals surface area contributed by atoms with Crippen molar-refractivity contribution in [3.8, 4) is 11.5 Å². The molecule has 0 N–H and O–H groups in total. The van der Waals surface area contributed by atoms with E-state index >= 15 is 0 Å². The minimum Gasteiger partial charge on any atom is -0.494 e. The molecule has 2 aromatic rings. The Kier molecular flexibility index (Phi) is 6.93. The highest BCUT2D eigenvalue weighted by Gasteiger charge is 2.32. The third-order valence-corrected chi connectivity index (χ3v) is 7.29. The van der Waals surface area contributed by atoms with Crippen LogP contribution in [0.15, 0.2) is 41.3 Å². The molecule has 1 aliphatic rings. The Morgan fingerprint density at radius 1 is 1.00 bits per heavy atom. The molecule has 1 saturated heterocycles. The Bertz CT molecular complexity index is 957. The zero-order valence-electron chi connectivity index (χ0n) is 17.0. The van der Waals surface area contributed by atoms with E-state index in [9.17, 15) is 8.42 Å². The summed E-state index contributed by atoms with van der Waals surface area (Å²) < 4.78 is 39.3. The average molecular weight is 439 g/mol. The van der Waals surface area contributed by atoms with Gasteiger partial charge in [0.2, 0.25) is 10.0 Å². The van der Waals surface area contributed by atoms with Gasteiger partial charge in [0.15, 0.2) is 0 Å². The zero-order chi connectivity index (χ0) is 21.0. The molecule has 3 rings (SSSR count). The van der Waals surface area contributed by atoms with Crippen LogP contribution in [-0.2, 0) is 10.0 Å². The molecule has 0 saturated carbocycles. The van der Waals surface area contributed by atoms with Gasteiger partial charge in [0.05, 0.1) is 13.2 Å². The molecule has 0 atom stereocenters. The van der Waals surface area contributed by atoms with Crippen LogP contribution in [0.25, 0.3) is 0 Å². The fraction of sp³-hybridized carbons (Fsp3) is 0.429. The summed E-state index contributed by atoms with van der Waals surface area (Å²) in [6.07, 6.45) is 0. The van der Waals surface area contributed by atoms with E-state index in [-0.39, 0.29) is 4.90 Å². The fourth-order valence-electron chi connectivity index (χ4n) is 3.47. The molecular weight excluding hydrogens is 412 g/mol. The molecule has 0 amide bonds. The van der Waals surface area contributed by atoms with Gasteiger partial charge in [0.25, 0.3) is 0 Å². The zero-order valence-corrected chi connectivity index (χ0v) is 18.6. The van der Waals surface area contributed by atoms with Crippen molar-refractivity contribution in [1.29, 1.82) is 0 Å². The minimum absolute atomic E-state index is 0.151. The molecule has 1 fully saturated rings. The van der Waals surface area contributed by atoms with Crippen LogP contribution in [-0.4, -0.2) is 52.1 Å². The van der Waals surface area contributed by atoms with Gasteiger partial charge in [-0.05, 0) is 50.6 Å². The standard InChI is InChI=1S/C21H27ClN2O4S/c1-4-27-17-9-10-20(28-5-2)21(15-17)29(25,26)24-13-11-23(12-14-24)19-8-6-7-18(22)16(19)3/h6-10,15H,4-5,11-14H2,1-3H3. The van der Waals surface area contributed by atoms with E-state index in [0.717, 1.165) is 11.3 Å². The summed E-state index contributed by atoms with van der Waals surface area (Å²) >= 11 is 6.24. The number of sulfonamides is 1. The van der Waals surface area contributed by atoms with Crippen molar-refractivity contribution in [2.24, 2.45) is 0 Å². The van der Waals surface area contributed by atoms with Crippen LogP contribution in [0, 0.1) is 6.92 Å². The van der Waals surface area contributed by atoms with Crippen molar-refractivity contribution in [2.45, 2.75) is 25.7 Å². The number of nitrogens with zero attached hydrogens (tertiary/aromatic N) is 2. The first kappa shape index (κ1) is 21.7. The van der Waals surface area contributed by atoms with Crippen molar-refractivity contribution in [1.82, 2.24) is 4.31 Å². The van der Waals surface area contributed by atoms with E-state index in [1.54, 1.807) is 18.2 Å². The summed E-state index contributed by atoms with van der Waals surface area (Å²) in [6, 6.07) is 10.7. The second-order valence-electron chi connectivity index (χ2n) is 6.75. The van der Waals surface area contributed by atoms with Crippen LogP contribution in [0.4, 0.5) is 5.69 Å². The second-order valence-corrected chi connectivity index (χ2v) is 9.06. The van der Waals surface area contributed by atoms with Crippen LogP contribution in [0.2, 0.25) is 5.02 Å². The fourth-order valence-corrected chi connectivity index (χ4v) is 5.21. The molecule has 1 heterocycles. The largest absolute Gasteiger partial charge is 0.494 e. The van der Waals surface area contributed by atoms with E-state index in [1.165, 1.54) is 4.31 Å². The highest BCUT2D eigenvalue weighted by atomic mass is 35.5. The number of anilines is 1. The van der Waals surface area contributed by atoms with Gasteiger partial charge in [0, 0.05) is 43.0 Å². The molecule has 0 aliphatic carbocycles. The van der Waals surface area contributed by atoms with Crippen LogP contribution in [0.5, 0.6) is 11.5 Å². The summed E-state index contributed by atoms with van der Waals surface area (Å²) in [5.41, 5.74) is 2.05. The highest BCUT2D eigenvalue weighted by molar-refractivity contribution is 7.89. The summed E-state index contributed by atoms with van der Waals surface area (Å²) in [5.74, 6) is 0.867. The van der Waals surface area contributed by atoms with E-state index in [1.807, 2.05) is 39.0 Å². The molecule has 6 nitrogen and oxygen atoms in total. The third kappa shape index (κ3) is 4.63. The number of piperazine rings is 1. The van der Waals surface area contributed by atoms with Gasteiger partial charge in [-0.1, -0.05) is 17.7 Å². The molecule has 2 aromatic carbocycles. The van der Waals surface area contributed by atoms with E-state index < -0.39 is 10.0 Å². The van der Waals surface area contributed by atoms with E-state index in [0.29, 0.717) is 55.9 Å². The maximum absolute atomic E-state index is 13.4. The normalized spacial score (nSPS) is 15.4. The molecule has 1 aliphatic heterocycles. The average Bonchev–Trinajstić information content (AvgIpc) is 2.71. The first-order chi connectivity index (χ1) is 13.9. The minimum atomic E-state index is -3.70. The van der Waals surface area contributed by atoms with Crippen molar-refractivity contribution in [3.05, 3.63) is 47.0 Å². The van der Waals surface area contributed by atoms with Gasteiger partial charge >= 0.3 is 0 Å². The molecule has 0 radical (unpaired) electrons. The van der Waals surface area contributed by atoms with Gasteiger partial charge < -0.3 is 14.4 Å². The smallest absolute Gasteiger partial charge is 0.247 e. The molecule has 158 valence electrons. The Morgan fingerprint density at radius 2 is 1.69 bits per heavy atom. The first-order valence-corrected chi connectivity index (χ1v) is 11.6. The number of hydrogen-bond donors (Lipinski definition) is 0. The third-order valence-electron chi connectivity index (χ3n) is 4.96. The molecule has 0 unspecified atom stereocenters. The predicted octanol–water partition coefficient (Wildman–Crippen LogP) is 3.96. The molecule has 29 heavy (non-hydrogen) atoms. The lowest BCUT2D eigenvalue weighted by molar-refractivity contribution is 0.319. The van der Waals surface area contributed by atoms with Gasteiger partial charge in [-0.25, -0.2) is 8.42 Å². The number of benzene rings is 2. The van der Waals surface area contributed by atoms with Crippen molar-refractivity contribution in [3.63, 3.8) is 0 Å². The lowest BCUT2D eigenvalue weighted by Gasteiger charge is -2.36. The van der Waals surface area contributed by atoms with Crippen molar-refractivity contribution >= 4 is 27.3 Å². The molecule has 0 bridgehead atoms. The quantitative estimate of drug-likeness (QED) is 0.654. The Labute approximate surface area is 178 Å². The Morgan fingerprint density at radius 3 is 2.34 bits per heavy atom. The topological polar surface area (TPSA) is 59.1 Å². The number of rotatable bonds is 7. The lowest BCUT2D eigenvalue weighted by atomic mass is 10.1. The monoisotopic (exact) mass is 438 g/mol. The molecular formula is C21H27ClN2O4S. The maximum Gasteiger partial charge on any atom is 0.247 e. The van der Waals surface area contributed by atoms with Crippen LogP contribution in [0.1, 0.15) is 19.4 Å². The Hall–Kier alpha value is -1.96. The number of hydrogen-bond acceptors (Lipinski definition) is 5. The molecule has 0 aromatic heterocycles. The summed E-state index contributed by atoms with van der Waals surface area (Å²) in [7, 11) is -3.70. The highest BCUT2D eigenvalue weighted by Crippen LogP contribution is 2.33. The van der Waals surface area contributed by atoms with E-state index in [2.05, 4.69) is 4.90 Å². The summed E-state index contributed by atoms with van der Waals surface area (Å²) in [5, 5.41) is 0.714. The molecule has 0 spiro atoms. The van der Waals surface area contributed by atoms with Crippen LogP contribution in [0.3, 0.4) is 0 Å². The van der Waals surface area contributed by atoms with Crippen LogP contribution >= 0.6 is 11.6 Å². The predicted molar refractivity (Wildman–Crippen MR) is 116 cm³/mol. The number of ether oxygens (including phenoxy) is 2. The van der Waals surface area contributed by atoms with Crippen LogP contribution < -0.4 is 14.4 Å². The van der Waals surface area contributed by atoms with E-state index in [4.69, 9.17) is 21.1 Å².